The lowest BCUT2D eigenvalue weighted by Crippen LogP contribution is -2.35. The van der Waals surface area contributed by atoms with Gasteiger partial charge in [-0.1, -0.05) is 20.3 Å². The van der Waals surface area contributed by atoms with E-state index in [1.807, 2.05) is 4.31 Å². The first-order chi connectivity index (χ1) is 6.74. The molecule has 0 radical (unpaired) electrons. The van der Waals surface area contributed by atoms with Crippen LogP contribution in [0.25, 0.3) is 0 Å². The minimum Gasteiger partial charge on any atom is -0.278 e. The predicted octanol–water partition coefficient (Wildman–Crippen LogP) is 2.11. The van der Waals surface area contributed by atoms with Gasteiger partial charge in [-0.2, -0.15) is 0 Å². The van der Waals surface area contributed by atoms with Gasteiger partial charge in [0.1, 0.15) is 0 Å². The third-order valence-electron chi connectivity index (χ3n) is 2.64. The van der Waals surface area contributed by atoms with E-state index < -0.39 is 11.3 Å². The van der Waals surface area contributed by atoms with Crippen molar-refractivity contribution in [2.45, 2.75) is 39.5 Å². The lowest BCUT2D eigenvalue weighted by atomic mass is 10.0. The van der Waals surface area contributed by atoms with Crippen molar-refractivity contribution in [1.29, 1.82) is 0 Å². The molecule has 0 aromatic carbocycles. The Morgan fingerprint density at radius 3 is 2.64 bits per heavy atom. The van der Waals surface area contributed by atoms with Gasteiger partial charge in [-0.15, -0.1) is 0 Å². The van der Waals surface area contributed by atoms with Crippen LogP contribution < -0.4 is 0 Å². The fourth-order valence-electron chi connectivity index (χ4n) is 1.48. The fourth-order valence-corrected chi connectivity index (χ4v) is 2.40. The van der Waals surface area contributed by atoms with Crippen LogP contribution in [-0.4, -0.2) is 28.2 Å². The number of rotatable bonds is 5. The molecule has 0 amide bonds. The maximum absolute atomic E-state index is 11.6. The highest BCUT2D eigenvalue weighted by atomic mass is 32.2. The summed E-state index contributed by atoms with van der Waals surface area (Å²) < 4.78 is 18.8. The molecule has 0 aromatic heterocycles. The van der Waals surface area contributed by atoms with Crippen LogP contribution in [0.1, 0.15) is 39.5 Å². The van der Waals surface area contributed by atoms with Crippen molar-refractivity contribution in [2.24, 2.45) is 5.92 Å². The summed E-state index contributed by atoms with van der Waals surface area (Å²) in [7, 11) is 0. The van der Waals surface area contributed by atoms with Gasteiger partial charge in [0.2, 0.25) is 11.3 Å². The summed E-state index contributed by atoms with van der Waals surface area (Å²) in [6.45, 7) is 6.81. The molecule has 1 saturated heterocycles. The van der Waals surface area contributed by atoms with Gasteiger partial charge in [-0.05, 0) is 25.2 Å². The molecule has 84 valence electrons. The van der Waals surface area contributed by atoms with Gasteiger partial charge in [0.15, 0.2) is 0 Å². The Balaban J connectivity index is 2.17. The van der Waals surface area contributed by atoms with Crippen molar-refractivity contribution >= 4 is 11.3 Å². The maximum atomic E-state index is 11.6. The van der Waals surface area contributed by atoms with Gasteiger partial charge in [-0.3, -0.25) is 4.18 Å². The Morgan fingerprint density at radius 2 is 2.07 bits per heavy atom. The molecule has 1 unspecified atom stereocenters. The van der Waals surface area contributed by atoms with E-state index in [1.165, 1.54) is 0 Å². The molecule has 0 spiro atoms. The molecule has 1 heterocycles. The smallest absolute Gasteiger partial charge is 0.237 e. The SMILES string of the molecule is CCCCOS(=O)N1CCC(C)CC1. The van der Waals surface area contributed by atoms with E-state index in [9.17, 15) is 4.21 Å². The average molecular weight is 219 g/mol. The number of unbranched alkanes of at least 4 members (excludes halogenated alkanes) is 1. The first-order valence-electron chi connectivity index (χ1n) is 5.54. The van der Waals surface area contributed by atoms with E-state index in [4.69, 9.17) is 4.18 Å². The predicted molar refractivity (Wildman–Crippen MR) is 59.0 cm³/mol. The van der Waals surface area contributed by atoms with Crippen molar-refractivity contribution in [3.8, 4) is 0 Å². The molecule has 14 heavy (non-hydrogen) atoms. The van der Waals surface area contributed by atoms with Gasteiger partial charge < -0.3 is 0 Å². The number of piperidine rings is 1. The molecule has 1 aliphatic heterocycles. The fraction of sp³-hybridized carbons (Fsp3) is 1.00. The van der Waals surface area contributed by atoms with Crippen molar-refractivity contribution in [3.05, 3.63) is 0 Å². The van der Waals surface area contributed by atoms with E-state index in [-0.39, 0.29) is 0 Å². The largest absolute Gasteiger partial charge is 0.278 e. The van der Waals surface area contributed by atoms with Crippen LogP contribution in [0.15, 0.2) is 0 Å². The van der Waals surface area contributed by atoms with Crippen LogP contribution in [0.4, 0.5) is 0 Å². The second-order valence-electron chi connectivity index (χ2n) is 4.00. The molecule has 1 rings (SSSR count). The van der Waals surface area contributed by atoms with Gasteiger partial charge in [0.25, 0.3) is 0 Å². The molecular formula is C10H21NO2S. The Kier molecular flexibility index (Phi) is 5.67. The highest BCUT2D eigenvalue weighted by Crippen LogP contribution is 2.17. The summed E-state index contributed by atoms with van der Waals surface area (Å²) in [5, 5.41) is 0. The van der Waals surface area contributed by atoms with E-state index in [0.29, 0.717) is 6.61 Å². The van der Waals surface area contributed by atoms with Crippen molar-refractivity contribution in [2.75, 3.05) is 19.7 Å². The molecule has 0 aliphatic carbocycles. The Hall–Kier alpha value is 0.0700. The Morgan fingerprint density at radius 1 is 1.43 bits per heavy atom. The molecule has 3 nitrogen and oxygen atoms in total. The average Bonchev–Trinajstić information content (AvgIpc) is 2.19. The van der Waals surface area contributed by atoms with Crippen LogP contribution in [0.3, 0.4) is 0 Å². The van der Waals surface area contributed by atoms with E-state index in [0.717, 1.165) is 44.7 Å². The van der Waals surface area contributed by atoms with Gasteiger partial charge >= 0.3 is 0 Å². The topological polar surface area (TPSA) is 29.5 Å². The molecule has 1 fully saturated rings. The highest BCUT2D eigenvalue weighted by Gasteiger charge is 2.20. The summed E-state index contributed by atoms with van der Waals surface area (Å²) in [4.78, 5) is 0. The van der Waals surface area contributed by atoms with Crippen LogP contribution >= 0.6 is 0 Å². The van der Waals surface area contributed by atoms with Crippen LogP contribution in [0.5, 0.6) is 0 Å². The zero-order chi connectivity index (χ0) is 10.4. The summed E-state index contributed by atoms with van der Waals surface area (Å²) >= 11 is -1.19. The summed E-state index contributed by atoms with van der Waals surface area (Å²) in [5.74, 6) is 0.777. The van der Waals surface area contributed by atoms with Crippen LogP contribution in [0, 0.1) is 5.92 Å². The third kappa shape index (κ3) is 4.07. The molecule has 0 bridgehead atoms. The monoisotopic (exact) mass is 219 g/mol. The van der Waals surface area contributed by atoms with Gasteiger partial charge in [0.05, 0.1) is 6.61 Å². The molecule has 4 heteroatoms. The van der Waals surface area contributed by atoms with Crippen LogP contribution in [-0.2, 0) is 15.4 Å². The third-order valence-corrected chi connectivity index (χ3v) is 3.79. The van der Waals surface area contributed by atoms with Crippen molar-refractivity contribution in [3.63, 3.8) is 0 Å². The first kappa shape index (κ1) is 12.1. The lowest BCUT2D eigenvalue weighted by molar-refractivity contribution is 0.251. The zero-order valence-electron chi connectivity index (χ0n) is 9.20. The van der Waals surface area contributed by atoms with E-state index >= 15 is 0 Å². The van der Waals surface area contributed by atoms with Crippen molar-refractivity contribution < 1.29 is 8.39 Å². The lowest BCUT2D eigenvalue weighted by Gasteiger charge is -2.27. The second kappa shape index (κ2) is 6.53. The number of hydrogen-bond donors (Lipinski definition) is 0. The quantitative estimate of drug-likeness (QED) is 0.663. The summed E-state index contributed by atoms with van der Waals surface area (Å²) in [6, 6.07) is 0. The summed E-state index contributed by atoms with van der Waals surface area (Å²) in [6.07, 6.45) is 4.37. The van der Waals surface area contributed by atoms with Gasteiger partial charge in [-0.25, -0.2) is 8.51 Å². The second-order valence-corrected chi connectivity index (χ2v) is 5.19. The molecule has 0 aromatic rings. The maximum Gasteiger partial charge on any atom is 0.237 e. The number of nitrogens with zero attached hydrogens (tertiary/aromatic N) is 1. The van der Waals surface area contributed by atoms with Crippen molar-refractivity contribution in [1.82, 2.24) is 4.31 Å². The van der Waals surface area contributed by atoms with E-state index in [1.54, 1.807) is 0 Å². The van der Waals surface area contributed by atoms with E-state index in [2.05, 4.69) is 13.8 Å². The molecular weight excluding hydrogens is 198 g/mol. The zero-order valence-corrected chi connectivity index (χ0v) is 10.0. The molecule has 1 atom stereocenters. The number of hydrogen-bond acceptors (Lipinski definition) is 2. The molecule has 0 N–H and O–H groups in total. The first-order valence-corrected chi connectivity index (χ1v) is 6.57. The minimum absolute atomic E-state index is 0.620. The normalized spacial score (nSPS) is 22.4. The Labute approximate surface area is 89.6 Å². The molecule has 0 saturated carbocycles. The highest BCUT2D eigenvalue weighted by molar-refractivity contribution is 7.77. The summed E-state index contributed by atoms with van der Waals surface area (Å²) in [5.41, 5.74) is 0. The molecule has 1 aliphatic rings. The minimum atomic E-state index is -1.19. The van der Waals surface area contributed by atoms with Crippen LogP contribution in [0.2, 0.25) is 0 Å². The standard InChI is InChI=1S/C10H21NO2S/c1-3-4-9-13-14(12)11-7-5-10(2)6-8-11/h10H,3-9H2,1-2H3. The Bertz CT molecular complexity index is 179. The van der Waals surface area contributed by atoms with Gasteiger partial charge in [0, 0.05) is 13.1 Å².